The minimum absolute atomic E-state index is 0.216. The molecule has 0 saturated carbocycles. The van der Waals surface area contributed by atoms with Gasteiger partial charge in [0.25, 0.3) is 0 Å². The second-order valence-electron chi connectivity index (χ2n) is 4.70. The average Bonchev–Trinajstić information content (AvgIpc) is 2.34. The van der Waals surface area contributed by atoms with Crippen molar-refractivity contribution in [3.63, 3.8) is 0 Å². The Hall–Kier alpha value is -0.650. The number of hydrogen-bond acceptors (Lipinski definition) is 3. The van der Waals surface area contributed by atoms with Crippen molar-refractivity contribution in [2.45, 2.75) is 0 Å². The highest BCUT2D eigenvalue weighted by Crippen LogP contribution is 2.22. The van der Waals surface area contributed by atoms with Crippen molar-refractivity contribution in [2.75, 3.05) is 51.6 Å². The molecule has 0 aromatic heterocycles. The van der Waals surface area contributed by atoms with E-state index in [4.69, 9.17) is 0 Å². The molecule has 1 fully saturated rings. The number of halogens is 2. The molecule has 1 aromatic rings. The lowest BCUT2D eigenvalue weighted by Crippen LogP contribution is -2.45. The number of nitrogens with zero attached hydrogens (tertiary/aromatic N) is 2. The standard InChI is InChI=1S/C13H19BrFN3/c1-17-6-8-18(9-7-17)5-4-16-13-3-2-11(15)10-12(13)14/h2-3,10,16H,4-9H2,1H3. The van der Waals surface area contributed by atoms with Crippen molar-refractivity contribution in [2.24, 2.45) is 0 Å². The van der Waals surface area contributed by atoms with Gasteiger partial charge in [-0.3, -0.25) is 4.90 Å². The van der Waals surface area contributed by atoms with Gasteiger partial charge in [-0.1, -0.05) is 0 Å². The van der Waals surface area contributed by atoms with Gasteiger partial charge in [0.05, 0.1) is 0 Å². The predicted octanol–water partition coefficient (Wildman–Crippen LogP) is 2.25. The first-order valence-electron chi connectivity index (χ1n) is 6.25. The fraction of sp³-hybridized carbons (Fsp3) is 0.538. The van der Waals surface area contributed by atoms with E-state index < -0.39 is 0 Å². The number of hydrogen-bond donors (Lipinski definition) is 1. The highest BCUT2D eigenvalue weighted by atomic mass is 79.9. The minimum Gasteiger partial charge on any atom is -0.383 e. The first kappa shape index (κ1) is 13.8. The summed E-state index contributed by atoms with van der Waals surface area (Å²) in [6, 6.07) is 4.73. The summed E-state index contributed by atoms with van der Waals surface area (Å²) >= 11 is 3.36. The van der Waals surface area contributed by atoms with Gasteiger partial charge < -0.3 is 10.2 Å². The zero-order chi connectivity index (χ0) is 13.0. The molecule has 1 saturated heterocycles. The number of nitrogens with one attached hydrogen (secondary N) is 1. The fourth-order valence-electron chi connectivity index (χ4n) is 2.05. The van der Waals surface area contributed by atoms with Crippen molar-refractivity contribution < 1.29 is 4.39 Å². The molecule has 1 aliphatic rings. The van der Waals surface area contributed by atoms with E-state index in [1.54, 1.807) is 6.07 Å². The molecule has 3 nitrogen and oxygen atoms in total. The Kier molecular flexibility index (Phi) is 4.97. The van der Waals surface area contributed by atoms with Crippen LogP contribution in [0.5, 0.6) is 0 Å². The molecule has 0 radical (unpaired) electrons. The Morgan fingerprint density at radius 1 is 1.28 bits per heavy atom. The van der Waals surface area contributed by atoms with Crippen LogP contribution in [0.2, 0.25) is 0 Å². The van der Waals surface area contributed by atoms with Gasteiger partial charge in [-0.05, 0) is 41.2 Å². The van der Waals surface area contributed by atoms with E-state index in [1.165, 1.54) is 12.1 Å². The normalized spacial score (nSPS) is 17.9. The van der Waals surface area contributed by atoms with Crippen LogP contribution in [0.3, 0.4) is 0 Å². The van der Waals surface area contributed by atoms with Gasteiger partial charge in [0, 0.05) is 49.4 Å². The first-order valence-corrected chi connectivity index (χ1v) is 7.04. The third-order valence-corrected chi connectivity index (χ3v) is 3.93. The largest absolute Gasteiger partial charge is 0.383 e. The smallest absolute Gasteiger partial charge is 0.124 e. The van der Waals surface area contributed by atoms with E-state index in [1.807, 2.05) is 0 Å². The van der Waals surface area contributed by atoms with Crippen LogP contribution >= 0.6 is 15.9 Å². The van der Waals surface area contributed by atoms with Crippen molar-refractivity contribution in [3.05, 3.63) is 28.5 Å². The van der Waals surface area contributed by atoms with Gasteiger partial charge >= 0.3 is 0 Å². The van der Waals surface area contributed by atoms with E-state index in [9.17, 15) is 4.39 Å². The average molecular weight is 316 g/mol. The van der Waals surface area contributed by atoms with E-state index in [0.717, 1.165) is 49.4 Å². The molecule has 0 amide bonds. The lowest BCUT2D eigenvalue weighted by molar-refractivity contribution is 0.158. The second-order valence-corrected chi connectivity index (χ2v) is 5.55. The molecule has 2 rings (SSSR count). The monoisotopic (exact) mass is 315 g/mol. The fourth-order valence-corrected chi connectivity index (χ4v) is 2.54. The van der Waals surface area contributed by atoms with Gasteiger partial charge in [0.1, 0.15) is 5.82 Å². The summed E-state index contributed by atoms with van der Waals surface area (Å²) in [6.45, 7) is 6.44. The van der Waals surface area contributed by atoms with Gasteiger partial charge in [0.15, 0.2) is 0 Å². The van der Waals surface area contributed by atoms with Crippen LogP contribution in [0, 0.1) is 5.82 Å². The predicted molar refractivity (Wildman–Crippen MR) is 76.5 cm³/mol. The maximum atomic E-state index is 12.9. The summed E-state index contributed by atoms with van der Waals surface area (Å²) in [5, 5.41) is 3.33. The molecule has 18 heavy (non-hydrogen) atoms. The highest BCUT2D eigenvalue weighted by Gasteiger charge is 2.12. The van der Waals surface area contributed by atoms with Crippen LogP contribution in [0.15, 0.2) is 22.7 Å². The highest BCUT2D eigenvalue weighted by molar-refractivity contribution is 9.10. The summed E-state index contributed by atoms with van der Waals surface area (Å²) in [4.78, 5) is 4.80. The first-order chi connectivity index (χ1) is 8.65. The summed E-state index contributed by atoms with van der Waals surface area (Å²) in [5.74, 6) is -0.216. The van der Waals surface area contributed by atoms with Crippen molar-refractivity contribution in [1.29, 1.82) is 0 Å². The Morgan fingerprint density at radius 2 is 2.00 bits per heavy atom. The SMILES string of the molecule is CN1CCN(CCNc2ccc(F)cc2Br)CC1. The van der Waals surface area contributed by atoms with Crippen molar-refractivity contribution >= 4 is 21.6 Å². The maximum Gasteiger partial charge on any atom is 0.124 e. The van der Waals surface area contributed by atoms with Crippen LogP contribution in [0.4, 0.5) is 10.1 Å². The lowest BCUT2D eigenvalue weighted by atomic mass is 10.3. The van der Waals surface area contributed by atoms with Crippen LogP contribution in [-0.4, -0.2) is 56.1 Å². The molecule has 0 spiro atoms. The Morgan fingerprint density at radius 3 is 2.67 bits per heavy atom. The zero-order valence-electron chi connectivity index (χ0n) is 10.6. The molecule has 100 valence electrons. The number of piperazine rings is 1. The molecule has 5 heteroatoms. The Balaban J connectivity index is 1.75. The van der Waals surface area contributed by atoms with Gasteiger partial charge in [-0.15, -0.1) is 0 Å². The van der Waals surface area contributed by atoms with Gasteiger partial charge in [0.2, 0.25) is 0 Å². The van der Waals surface area contributed by atoms with Gasteiger partial charge in [-0.2, -0.15) is 0 Å². The molecule has 1 N–H and O–H groups in total. The number of rotatable bonds is 4. The Labute approximate surface area is 116 Å². The zero-order valence-corrected chi connectivity index (χ0v) is 12.2. The van der Waals surface area contributed by atoms with E-state index in [0.29, 0.717) is 0 Å². The van der Waals surface area contributed by atoms with E-state index in [2.05, 4.69) is 38.1 Å². The summed E-state index contributed by atoms with van der Waals surface area (Å²) in [5.41, 5.74) is 0.950. The van der Waals surface area contributed by atoms with Gasteiger partial charge in [-0.25, -0.2) is 4.39 Å². The molecule has 0 unspecified atom stereocenters. The number of anilines is 1. The topological polar surface area (TPSA) is 18.5 Å². The molecule has 0 bridgehead atoms. The molecule has 1 aromatic carbocycles. The molecular weight excluding hydrogens is 297 g/mol. The van der Waals surface area contributed by atoms with E-state index in [-0.39, 0.29) is 5.82 Å². The second kappa shape index (κ2) is 6.50. The van der Waals surface area contributed by atoms with Crippen LogP contribution in [0.1, 0.15) is 0 Å². The number of benzene rings is 1. The quantitative estimate of drug-likeness (QED) is 0.919. The van der Waals surface area contributed by atoms with Crippen molar-refractivity contribution in [3.8, 4) is 0 Å². The third kappa shape index (κ3) is 3.93. The van der Waals surface area contributed by atoms with Crippen LogP contribution in [0.25, 0.3) is 0 Å². The van der Waals surface area contributed by atoms with Crippen LogP contribution in [-0.2, 0) is 0 Å². The Bertz CT molecular complexity index is 392. The van der Waals surface area contributed by atoms with E-state index >= 15 is 0 Å². The summed E-state index contributed by atoms with van der Waals surface area (Å²) in [6.07, 6.45) is 0. The molecule has 0 atom stereocenters. The lowest BCUT2D eigenvalue weighted by Gasteiger charge is -2.32. The molecule has 1 heterocycles. The summed E-state index contributed by atoms with van der Waals surface area (Å²) in [7, 11) is 2.16. The summed E-state index contributed by atoms with van der Waals surface area (Å²) < 4.78 is 13.7. The van der Waals surface area contributed by atoms with Crippen LogP contribution < -0.4 is 5.32 Å². The number of likely N-dealkylation sites (N-methyl/N-ethyl adjacent to an activating group) is 1. The molecule has 0 aliphatic carbocycles. The maximum absolute atomic E-state index is 12.9. The van der Waals surface area contributed by atoms with Crippen molar-refractivity contribution in [1.82, 2.24) is 9.80 Å². The molecule has 1 aliphatic heterocycles. The molecular formula is C13H19BrFN3. The minimum atomic E-state index is -0.216. The third-order valence-electron chi connectivity index (χ3n) is 3.27.